The average Bonchev–Trinajstić information content (AvgIpc) is 3.18. The second kappa shape index (κ2) is 8.78. The quantitative estimate of drug-likeness (QED) is 0.529. The third kappa shape index (κ3) is 4.61. The van der Waals surface area contributed by atoms with Gasteiger partial charge in [0, 0.05) is 25.4 Å². The van der Waals surface area contributed by atoms with Crippen molar-refractivity contribution >= 4 is 41.1 Å². The molecule has 3 aliphatic rings. The van der Waals surface area contributed by atoms with Crippen LogP contribution >= 0.6 is 11.3 Å². The first-order valence-electron chi connectivity index (χ1n) is 10.8. The van der Waals surface area contributed by atoms with E-state index in [0.29, 0.717) is 30.8 Å². The largest absolute Gasteiger partial charge is 0.362 e. The van der Waals surface area contributed by atoms with Crippen LogP contribution in [-0.2, 0) is 9.59 Å². The summed E-state index contributed by atoms with van der Waals surface area (Å²) in [6.07, 6.45) is 5.33. The fourth-order valence-electron chi connectivity index (χ4n) is 4.86. The van der Waals surface area contributed by atoms with E-state index in [1.165, 1.54) is 11.3 Å². The molecule has 1 aromatic rings. The van der Waals surface area contributed by atoms with Crippen molar-refractivity contribution < 1.29 is 18.4 Å². The smallest absolute Gasteiger partial charge is 0.263 e. The van der Waals surface area contributed by atoms with Crippen molar-refractivity contribution in [3.05, 3.63) is 6.20 Å². The molecule has 2 atom stereocenters. The number of carbonyl (C=O) groups is 2. The number of nitrogens with one attached hydrogen (secondary N) is 2. The molecule has 4 rings (SSSR count). The zero-order valence-electron chi connectivity index (χ0n) is 17.2. The predicted octanol–water partition coefficient (Wildman–Crippen LogP) is 1.12. The number of anilines is 2. The van der Waals surface area contributed by atoms with Gasteiger partial charge in [0.1, 0.15) is 18.9 Å². The molecule has 7 nitrogen and oxygen atoms in total. The minimum absolute atomic E-state index is 0.0595. The van der Waals surface area contributed by atoms with Crippen LogP contribution in [0, 0.1) is 11.8 Å². The Balaban J connectivity index is 1.31. The molecule has 4 heterocycles. The van der Waals surface area contributed by atoms with Crippen molar-refractivity contribution in [2.45, 2.75) is 44.1 Å². The third-order valence-corrected chi connectivity index (χ3v) is 7.62. The Labute approximate surface area is 180 Å². The molecule has 3 fully saturated rings. The van der Waals surface area contributed by atoms with Crippen LogP contribution in [0.4, 0.5) is 18.9 Å². The maximum Gasteiger partial charge on any atom is 0.263 e. The molecule has 0 aliphatic carbocycles. The van der Waals surface area contributed by atoms with Crippen molar-refractivity contribution in [1.29, 1.82) is 0 Å². The lowest BCUT2D eigenvalue weighted by molar-refractivity contribution is -0.133. The molecular formula is C19H28BF2N5O2S. The summed E-state index contributed by atoms with van der Waals surface area (Å²) in [7, 11) is 1.94. The predicted molar refractivity (Wildman–Crippen MR) is 115 cm³/mol. The van der Waals surface area contributed by atoms with Crippen molar-refractivity contribution in [3.8, 4) is 0 Å². The highest BCUT2D eigenvalue weighted by atomic mass is 32.1. The van der Waals surface area contributed by atoms with E-state index >= 15 is 0 Å². The molecule has 0 bridgehead atoms. The number of imide groups is 1. The van der Waals surface area contributed by atoms with Crippen LogP contribution < -0.4 is 15.5 Å². The molecular weight excluding hydrogens is 411 g/mol. The molecule has 0 aromatic carbocycles. The summed E-state index contributed by atoms with van der Waals surface area (Å²) < 4.78 is 29.3. The van der Waals surface area contributed by atoms with Crippen molar-refractivity contribution in [2.75, 3.05) is 42.8 Å². The van der Waals surface area contributed by atoms with E-state index in [-0.39, 0.29) is 24.3 Å². The molecule has 1 aromatic heterocycles. The molecule has 11 heteroatoms. The molecule has 0 spiro atoms. The first-order valence-corrected chi connectivity index (χ1v) is 11.6. The normalized spacial score (nSPS) is 28.4. The summed E-state index contributed by atoms with van der Waals surface area (Å²) in [5.74, 6) is -3.63. The van der Waals surface area contributed by atoms with Gasteiger partial charge in [-0.2, -0.15) is 0 Å². The maximum atomic E-state index is 14.7. The van der Waals surface area contributed by atoms with Crippen LogP contribution in [0.15, 0.2) is 6.20 Å². The monoisotopic (exact) mass is 439 g/mol. The van der Waals surface area contributed by atoms with Crippen molar-refractivity contribution in [1.82, 2.24) is 15.2 Å². The zero-order chi connectivity index (χ0) is 21.3. The highest BCUT2D eigenvalue weighted by molar-refractivity contribution is 7.19. The number of hydrogen-bond acceptors (Lipinski definition) is 7. The number of piperidine rings is 3. The van der Waals surface area contributed by atoms with Gasteiger partial charge in [-0.1, -0.05) is 11.3 Å². The number of halogens is 2. The first kappa shape index (κ1) is 21.5. The van der Waals surface area contributed by atoms with Crippen LogP contribution in [0.25, 0.3) is 0 Å². The van der Waals surface area contributed by atoms with Gasteiger partial charge >= 0.3 is 0 Å². The number of alkyl halides is 2. The molecule has 30 heavy (non-hydrogen) atoms. The number of hydrogen-bond donors (Lipinski definition) is 2. The van der Waals surface area contributed by atoms with E-state index in [9.17, 15) is 18.4 Å². The SMILES string of the molecule is BCN1CCC(C2CCN(c3cnc(NC4CCC(=O)NC4=O)s3)CC2)C(F)(F)C1. The van der Waals surface area contributed by atoms with Gasteiger partial charge in [-0.15, -0.1) is 0 Å². The Hall–Kier alpha value is -1.75. The number of likely N-dealkylation sites (tertiary alicyclic amines) is 1. The molecule has 0 radical (unpaired) electrons. The molecule has 2 unspecified atom stereocenters. The Kier molecular flexibility index (Phi) is 6.29. The van der Waals surface area contributed by atoms with Gasteiger partial charge in [0.25, 0.3) is 5.92 Å². The fourth-order valence-corrected chi connectivity index (χ4v) is 5.78. The number of amides is 2. The molecule has 2 amide bonds. The minimum Gasteiger partial charge on any atom is -0.362 e. The standard InChI is InChI=1S/C19H28BF2N5O2S/c20-11-26-6-5-13(19(21,22)10-26)12-3-7-27(8-4-12)16-9-23-18(30-16)24-14-1-2-15(28)25-17(14)29/h9,12-14H,1-8,10-11,20H2,(H,23,24)(H,25,28,29). The van der Waals surface area contributed by atoms with Crippen LogP contribution in [0.3, 0.4) is 0 Å². The highest BCUT2D eigenvalue weighted by Gasteiger charge is 2.48. The van der Waals surface area contributed by atoms with E-state index in [0.717, 1.165) is 37.5 Å². The summed E-state index contributed by atoms with van der Waals surface area (Å²) >= 11 is 1.46. The lowest BCUT2D eigenvalue weighted by Crippen LogP contribution is -2.52. The highest BCUT2D eigenvalue weighted by Crippen LogP contribution is 2.42. The average molecular weight is 439 g/mol. The first-order chi connectivity index (χ1) is 14.4. The molecule has 164 valence electrons. The Morgan fingerprint density at radius 1 is 1.23 bits per heavy atom. The Morgan fingerprint density at radius 2 is 2.00 bits per heavy atom. The van der Waals surface area contributed by atoms with Gasteiger partial charge in [0.2, 0.25) is 11.8 Å². The lowest BCUT2D eigenvalue weighted by Gasteiger charge is -2.44. The summed E-state index contributed by atoms with van der Waals surface area (Å²) in [5, 5.41) is 7.06. The summed E-state index contributed by atoms with van der Waals surface area (Å²) in [6, 6.07) is -0.455. The summed E-state index contributed by atoms with van der Waals surface area (Å²) in [6.45, 7) is 2.14. The van der Waals surface area contributed by atoms with E-state index < -0.39 is 17.9 Å². The number of thiazole rings is 1. The van der Waals surface area contributed by atoms with Gasteiger partial charge in [-0.3, -0.25) is 14.9 Å². The van der Waals surface area contributed by atoms with Crippen LogP contribution in [0.5, 0.6) is 0 Å². The summed E-state index contributed by atoms with van der Waals surface area (Å²) in [5.41, 5.74) is 0. The van der Waals surface area contributed by atoms with Crippen LogP contribution in [-0.4, -0.2) is 74.1 Å². The second-order valence-corrected chi connectivity index (χ2v) is 9.51. The molecule has 2 N–H and O–H groups in total. The van der Waals surface area contributed by atoms with E-state index in [2.05, 4.69) is 20.5 Å². The molecule has 3 saturated heterocycles. The molecule has 0 saturated carbocycles. The van der Waals surface area contributed by atoms with E-state index in [1.807, 2.05) is 12.7 Å². The van der Waals surface area contributed by atoms with E-state index in [1.54, 1.807) is 6.20 Å². The lowest BCUT2D eigenvalue weighted by atomic mass is 9.76. The number of aromatic nitrogens is 1. The van der Waals surface area contributed by atoms with Crippen LogP contribution in [0.1, 0.15) is 32.1 Å². The number of rotatable bonds is 5. The molecule has 3 aliphatic heterocycles. The Bertz CT molecular complexity index is 787. The van der Waals surface area contributed by atoms with Crippen molar-refractivity contribution in [2.24, 2.45) is 11.8 Å². The minimum atomic E-state index is -2.61. The van der Waals surface area contributed by atoms with Gasteiger partial charge in [0.05, 0.1) is 12.7 Å². The third-order valence-electron chi connectivity index (χ3n) is 6.63. The maximum absolute atomic E-state index is 14.7. The van der Waals surface area contributed by atoms with Crippen LogP contribution in [0.2, 0.25) is 0 Å². The summed E-state index contributed by atoms with van der Waals surface area (Å²) in [4.78, 5) is 31.6. The van der Waals surface area contributed by atoms with E-state index in [4.69, 9.17) is 0 Å². The topological polar surface area (TPSA) is 77.6 Å². The van der Waals surface area contributed by atoms with Gasteiger partial charge in [-0.05, 0) is 44.6 Å². The fraction of sp³-hybridized carbons (Fsp3) is 0.737. The second-order valence-electron chi connectivity index (χ2n) is 8.50. The van der Waals surface area contributed by atoms with Crippen molar-refractivity contribution in [3.63, 3.8) is 0 Å². The Morgan fingerprint density at radius 3 is 2.67 bits per heavy atom. The number of carbonyl (C=O) groups excluding carboxylic acids is 2. The van der Waals surface area contributed by atoms with Gasteiger partial charge in [-0.25, -0.2) is 13.8 Å². The van der Waals surface area contributed by atoms with Gasteiger partial charge < -0.3 is 15.1 Å². The van der Waals surface area contributed by atoms with Gasteiger partial charge in [0.15, 0.2) is 5.13 Å². The number of nitrogens with zero attached hydrogens (tertiary/aromatic N) is 3. The zero-order valence-corrected chi connectivity index (χ0v) is 18.0.